The fraction of sp³-hybridized carbons (Fsp3) is 1.00. The summed E-state index contributed by atoms with van der Waals surface area (Å²) < 4.78 is 34.7. The van der Waals surface area contributed by atoms with E-state index in [1.54, 1.807) is 0 Å². The first-order chi connectivity index (χ1) is 4.95. The highest BCUT2D eigenvalue weighted by molar-refractivity contribution is 9.09. The number of nitrogens with one attached hydrogen (secondary N) is 1. The third kappa shape index (κ3) is 8.13. The molecule has 0 saturated heterocycles. The summed E-state index contributed by atoms with van der Waals surface area (Å²) in [5, 5.41) is 3.39. The topological polar surface area (TPSA) is 12.0 Å². The average molecular weight is 234 g/mol. The van der Waals surface area contributed by atoms with Gasteiger partial charge in [0.15, 0.2) is 0 Å². The van der Waals surface area contributed by atoms with Crippen molar-refractivity contribution in [2.24, 2.45) is 0 Å². The second kappa shape index (κ2) is 4.98. The van der Waals surface area contributed by atoms with E-state index in [1.807, 2.05) is 6.92 Å². The van der Waals surface area contributed by atoms with E-state index < -0.39 is 12.6 Å². The van der Waals surface area contributed by atoms with Gasteiger partial charge in [-0.3, -0.25) is 0 Å². The zero-order valence-electron chi connectivity index (χ0n) is 6.21. The molecule has 0 fully saturated rings. The minimum atomic E-state index is -4.04. The van der Waals surface area contributed by atoms with Crippen molar-refractivity contribution in [3.8, 4) is 0 Å². The quantitative estimate of drug-likeness (QED) is 0.736. The smallest absolute Gasteiger partial charge is 0.313 e. The van der Waals surface area contributed by atoms with Crippen LogP contribution in [0.3, 0.4) is 0 Å². The zero-order chi connectivity index (χ0) is 8.91. The Kier molecular flexibility index (Phi) is 5.08. The minimum Gasteiger partial charge on any atom is -0.313 e. The lowest BCUT2D eigenvalue weighted by molar-refractivity contribution is -0.133. The molecule has 0 aromatic carbocycles. The largest absolute Gasteiger partial charge is 0.390 e. The van der Waals surface area contributed by atoms with Crippen molar-refractivity contribution in [1.82, 2.24) is 5.32 Å². The van der Waals surface area contributed by atoms with Gasteiger partial charge >= 0.3 is 6.18 Å². The van der Waals surface area contributed by atoms with Crippen molar-refractivity contribution in [2.45, 2.75) is 25.6 Å². The Balaban J connectivity index is 3.28. The number of alkyl halides is 4. The van der Waals surface area contributed by atoms with Gasteiger partial charge in [0.2, 0.25) is 0 Å². The molecule has 11 heavy (non-hydrogen) atoms. The van der Waals surface area contributed by atoms with E-state index in [-0.39, 0.29) is 12.6 Å². The summed E-state index contributed by atoms with van der Waals surface area (Å²) in [6, 6.07) is 0.0948. The van der Waals surface area contributed by atoms with Crippen LogP contribution in [0.2, 0.25) is 0 Å². The molecule has 1 unspecified atom stereocenters. The first-order valence-corrected chi connectivity index (χ1v) is 4.44. The molecule has 0 saturated carbocycles. The van der Waals surface area contributed by atoms with Crippen molar-refractivity contribution in [2.75, 3.05) is 11.9 Å². The molecule has 0 aromatic heterocycles. The van der Waals surface area contributed by atoms with Crippen LogP contribution in [0.1, 0.15) is 13.3 Å². The Morgan fingerprint density at radius 3 is 2.36 bits per heavy atom. The van der Waals surface area contributed by atoms with Crippen LogP contribution >= 0.6 is 15.9 Å². The van der Waals surface area contributed by atoms with E-state index in [2.05, 4.69) is 21.2 Å². The van der Waals surface area contributed by atoms with E-state index in [0.29, 0.717) is 5.33 Å². The van der Waals surface area contributed by atoms with Gasteiger partial charge in [-0.05, 0) is 6.92 Å². The molecule has 0 rings (SSSR count). The highest BCUT2D eigenvalue weighted by Crippen LogP contribution is 2.18. The highest BCUT2D eigenvalue weighted by atomic mass is 79.9. The van der Waals surface area contributed by atoms with Crippen molar-refractivity contribution in [1.29, 1.82) is 0 Å². The monoisotopic (exact) mass is 233 g/mol. The van der Waals surface area contributed by atoms with Crippen molar-refractivity contribution in [3.63, 3.8) is 0 Å². The summed E-state index contributed by atoms with van der Waals surface area (Å²) >= 11 is 3.15. The van der Waals surface area contributed by atoms with Crippen molar-refractivity contribution >= 4 is 15.9 Å². The lowest BCUT2D eigenvalue weighted by Gasteiger charge is -2.11. The minimum absolute atomic E-state index is 0.00370. The second-order valence-corrected chi connectivity index (χ2v) is 3.02. The molecule has 0 spiro atoms. The van der Waals surface area contributed by atoms with Gasteiger partial charge in [0.05, 0.1) is 6.42 Å². The van der Waals surface area contributed by atoms with Gasteiger partial charge < -0.3 is 5.32 Å². The maximum atomic E-state index is 11.6. The van der Waals surface area contributed by atoms with E-state index in [9.17, 15) is 13.2 Å². The summed E-state index contributed by atoms with van der Waals surface area (Å²) in [6.45, 7) is 1.82. The van der Waals surface area contributed by atoms with E-state index in [1.165, 1.54) is 0 Å². The van der Waals surface area contributed by atoms with Crippen LogP contribution in [-0.2, 0) is 0 Å². The van der Waals surface area contributed by atoms with E-state index in [0.717, 1.165) is 0 Å². The van der Waals surface area contributed by atoms with Gasteiger partial charge in [-0.15, -0.1) is 0 Å². The molecule has 0 aliphatic carbocycles. The number of hydrogen-bond acceptors (Lipinski definition) is 1. The SMILES string of the molecule is CC(CBr)NCCC(F)(F)F. The molecule has 1 nitrogen and oxygen atoms in total. The molecule has 1 N–H and O–H groups in total. The lowest BCUT2D eigenvalue weighted by atomic mass is 10.3. The van der Waals surface area contributed by atoms with Crippen LogP contribution in [-0.4, -0.2) is 24.1 Å². The van der Waals surface area contributed by atoms with Gasteiger partial charge in [-0.1, -0.05) is 15.9 Å². The molecule has 0 aliphatic heterocycles. The summed E-state index contributed by atoms with van der Waals surface area (Å²) in [6.07, 6.45) is -4.80. The summed E-state index contributed by atoms with van der Waals surface area (Å²) in [7, 11) is 0. The Bertz CT molecular complexity index is 104. The van der Waals surface area contributed by atoms with Gasteiger partial charge in [0, 0.05) is 17.9 Å². The molecule has 0 radical (unpaired) electrons. The maximum absolute atomic E-state index is 11.6. The fourth-order valence-corrected chi connectivity index (χ4v) is 0.744. The standard InChI is InChI=1S/C6H11BrF3N/c1-5(4-7)11-3-2-6(8,9)10/h5,11H,2-4H2,1H3. The van der Waals surface area contributed by atoms with Crippen LogP contribution in [0.5, 0.6) is 0 Å². The normalized spacial score (nSPS) is 15.0. The Morgan fingerprint density at radius 1 is 1.45 bits per heavy atom. The number of halogens is 4. The van der Waals surface area contributed by atoms with Gasteiger partial charge in [0.1, 0.15) is 0 Å². The first-order valence-electron chi connectivity index (χ1n) is 3.32. The van der Waals surface area contributed by atoms with Gasteiger partial charge in [-0.25, -0.2) is 0 Å². The first kappa shape index (κ1) is 11.2. The van der Waals surface area contributed by atoms with Gasteiger partial charge in [-0.2, -0.15) is 13.2 Å². The van der Waals surface area contributed by atoms with Gasteiger partial charge in [0.25, 0.3) is 0 Å². The van der Waals surface area contributed by atoms with Crippen LogP contribution in [0.25, 0.3) is 0 Å². The third-order valence-electron chi connectivity index (χ3n) is 1.13. The summed E-state index contributed by atoms with van der Waals surface area (Å²) in [4.78, 5) is 0. The molecule has 68 valence electrons. The van der Waals surface area contributed by atoms with Crippen LogP contribution in [0.4, 0.5) is 13.2 Å². The summed E-state index contributed by atoms with van der Waals surface area (Å²) in [5.41, 5.74) is 0. The third-order valence-corrected chi connectivity index (χ3v) is 2.10. The average Bonchev–Trinajstić information content (AvgIpc) is 1.85. The van der Waals surface area contributed by atoms with Crippen LogP contribution in [0, 0.1) is 0 Å². The lowest BCUT2D eigenvalue weighted by Crippen LogP contribution is -2.30. The molecule has 0 bridgehead atoms. The fourth-order valence-electron chi connectivity index (χ4n) is 0.515. The molecule has 5 heteroatoms. The van der Waals surface area contributed by atoms with Crippen LogP contribution < -0.4 is 5.32 Å². The van der Waals surface area contributed by atoms with E-state index >= 15 is 0 Å². The highest BCUT2D eigenvalue weighted by Gasteiger charge is 2.26. The Labute approximate surface area is 72.5 Å². The maximum Gasteiger partial charge on any atom is 0.390 e. The molecule has 0 aliphatic rings. The van der Waals surface area contributed by atoms with Crippen molar-refractivity contribution in [3.05, 3.63) is 0 Å². The van der Waals surface area contributed by atoms with Crippen molar-refractivity contribution < 1.29 is 13.2 Å². The predicted octanol–water partition coefficient (Wildman–Crippen LogP) is 2.31. The number of hydrogen-bond donors (Lipinski definition) is 1. The molecular formula is C6H11BrF3N. The Hall–Kier alpha value is 0.230. The molecule has 1 atom stereocenters. The van der Waals surface area contributed by atoms with E-state index in [4.69, 9.17) is 0 Å². The Morgan fingerprint density at radius 2 is 2.00 bits per heavy atom. The molecule has 0 aromatic rings. The molecule has 0 heterocycles. The molecule has 0 amide bonds. The predicted molar refractivity (Wildman–Crippen MR) is 41.9 cm³/mol. The number of rotatable bonds is 4. The zero-order valence-corrected chi connectivity index (χ0v) is 7.80. The second-order valence-electron chi connectivity index (χ2n) is 2.37. The molecular weight excluding hydrogens is 223 g/mol. The summed E-state index contributed by atoms with van der Waals surface area (Å²) in [5.74, 6) is 0. The van der Waals surface area contributed by atoms with Crippen LogP contribution in [0.15, 0.2) is 0 Å².